The van der Waals surface area contributed by atoms with Crippen molar-refractivity contribution >= 4 is 17.7 Å². The van der Waals surface area contributed by atoms with E-state index in [0.29, 0.717) is 0 Å². The lowest BCUT2D eigenvalue weighted by Gasteiger charge is -2.42. The molecule has 33 heteroatoms. The molecule has 3 N–H and O–H groups in total. The minimum absolute atomic E-state index is 0.0200. The number of hydrogen-bond donors (Lipinski definition) is 3. The van der Waals surface area contributed by atoms with E-state index in [1.807, 2.05) is 5.32 Å². The molecule has 0 radical (unpaired) electrons. The van der Waals surface area contributed by atoms with E-state index in [4.69, 9.17) is 23.7 Å². The summed E-state index contributed by atoms with van der Waals surface area (Å²) in [6.07, 6.45) is -17.4. The molecule has 0 atom stereocenters. The van der Waals surface area contributed by atoms with E-state index < -0.39 is 116 Å². The van der Waals surface area contributed by atoms with Crippen molar-refractivity contribution in [3.8, 4) is 5.75 Å². The van der Waals surface area contributed by atoms with Gasteiger partial charge in [-0.3, -0.25) is 14.4 Å². The second-order valence-corrected chi connectivity index (χ2v) is 13.7. The molecule has 1 aromatic carbocycles. The Morgan fingerprint density at radius 3 is 1.27 bits per heavy atom. The normalized spacial score (nSPS) is 15.0. The van der Waals surface area contributed by atoms with Crippen LogP contribution in [-0.4, -0.2) is 151 Å². The molecular weight excluding hydrogens is 986 g/mol. The van der Waals surface area contributed by atoms with Crippen molar-refractivity contribution in [2.45, 2.75) is 78.7 Å². The molecule has 1 heterocycles. The van der Waals surface area contributed by atoms with Crippen LogP contribution >= 0.6 is 0 Å². The molecule has 0 unspecified atom stereocenters. The molecule has 3 amide bonds. The van der Waals surface area contributed by atoms with Gasteiger partial charge in [0.05, 0.1) is 39.6 Å². The number of amides is 3. The molecule has 1 aromatic rings. The van der Waals surface area contributed by atoms with Crippen molar-refractivity contribution in [2.75, 3.05) is 79.1 Å². The molecule has 0 bridgehead atoms. The van der Waals surface area contributed by atoms with Gasteiger partial charge in [0.2, 0.25) is 11.8 Å². The van der Waals surface area contributed by atoms with Gasteiger partial charge in [0, 0.05) is 31.6 Å². The van der Waals surface area contributed by atoms with Gasteiger partial charge in [-0.1, -0.05) is 12.1 Å². The molecule has 13 nitrogen and oxygen atoms in total. The number of nitrogens with zero attached hydrogens (tertiary/aromatic N) is 2. The van der Waals surface area contributed by atoms with Crippen LogP contribution in [0.25, 0.3) is 0 Å². The predicted molar refractivity (Wildman–Crippen MR) is 181 cm³/mol. The molecular formula is C34H37F20N5O8. The first-order valence-electron chi connectivity index (χ1n) is 18.6. The van der Waals surface area contributed by atoms with E-state index in [2.05, 4.69) is 20.9 Å². The first-order chi connectivity index (χ1) is 30.6. The molecule has 1 aliphatic heterocycles. The van der Waals surface area contributed by atoms with Crippen molar-refractivity contribution in [1.82, 2.24) is 16.0 Å². The molecule has 0 fully saturated rings. The number of ether oxygens (including phenoxy) is 5. The second-order valence-electron chi connectivity index (χ2n) is 13.7. The standard InChI is InChI=1S/C34H37F20N5O8/c35-25(36,27(37,38)28(39,40)29(41,42)30(43,44)31(45,46)32(47,48)34(52,53)54)7-1-2-8-55-22(60)17-65-15-13-63-11-9-56-23(61)18-66-16-14-64-12-10-57-24(62)19-67-21-5-3-20(4-6-21)26(58-59-26)33(49,50)51/h3-6H,1-2,7-19H2,(H,55,60)(H,56,61)(H,57,62). The van der Waals surface area contributed by atoms with Gasteiger partial charge in [0.15, 0.2) is 6.61 Å². The highest BCUT2D eigenvalue weighted by atomic mass is 19.4. The van der Waals surface area contributed by atoms with Crippen molar-refractivity contribution in [1.29, 1.82) is 0 Å². The maximum atomic E-state index is 14.0. The van der Waals surface area contributed by atoms with Crippen LogP contribution in [0.5, 0.6) is 5.75 Å². The number of hydrogen-bond acceptors (Lipinski definition) is 10. The average molecular weight is 1020 g/mol. The highest BCUT2D eigenvalue weighted by Crippen LogP contribution is 2.64. The number of carbonyl (C=O) groups excluding carboxylic acids is 3. The maximum Gasteiger partial charge on any atom is 0.460 e. The van der Waals surface area contributed by atoms with Gasteiger partial charge < -0.3 is 39.6 Å². The summed E-state index contributed by atoms with van der Waals surface area (Å²) < 4.78 is 292. The Bertz CT molecular complexity index is 1790. The van der Waals surface area contributed by atoms with Crippen LogP contribution in [-0.2, 0) is 39.0 Å². The van der Waals surface area contributed by atoms with Gasteiger partial charge in [0.1, 0.15) is 19.0 Å². The highest BCUT2D eigenvalue weighted by Gasteiger charge is 2.95. The lowest BCUT2D eigenvalue weighted by Crippen LogP contribution is -2.74. The molecule has 0 saturated carbocycles. The SMILES string of the molecule is O=C(COCCOCCNC(=O)COCCOCCNC(=O)COc1ccc(C2(C(F)(F)F)N=N2)cc1)NCCCCC(F)(F)C(F)(F)C(F)(F)C(F)(F)C(F)(F)C(F)(F)C(F)(F)C(F)(F)F. The lowest BCUT2D eigenvalue weighted by atomic mass is 9.88. The molecule has 0 aliphatic carbocycles. The minimum Gasteiger partial charge on any atom is -0.484 e. The van der Waals surface area contributed by atoms with E-state index in [1.54, 1.807) is 0 Å². The summed E-state index contributed by atoms with van der Waals surface area (Å²) in [5.41, 5.74) is -2.79. The fourth-order valence-electron chi connectivity index (χ4n) is 4.88. The van der Waals surface area contributed by atoms with E-state index in [1.165, 1.54) is 12.1 Å². The van der Waals surface area contributed by atoms with E-state index in [0.717, 1.165) is 12.1 Å². The Morgan fingerprint density at radius 1 is 0.463 bits per heavy atom. The van der Waals surface area contributed by atoms with Crippen LogP contribution in [0, 0.1) is 0 Å². The maximum absolute atomic E-state index is 14.0. The summed E-state index contributed by atoms with van der Waals surface area (Å²) in [5, 5.41) is 13.0. The van der Waals surface area contributed by atoms with Crippen LogP contribution in [0.3, 0.4) is 0 Å². The number of alkyl halides is 20. The monoisotopic (exact) mass is 1020 g/mol. The van der Waals surface area contributed by atoms with Gasteiger partial charge in [-0.2, -0.15) is 87.8 Å². The first kappa shape index (κ1) is 58.6. The first-order valence-corrected chi connectivity index (χ1v) is 18.6. The molecule has 0 saturated heterocycles. The molecule has 2 rings (SSSR count). The zero-order valence-corrected chi connectivity index (χ0v) is 33.6. The van der Waals surface area contributed by atoms with Gasteiger partial charge >= 0.3 is 59.5 Å². The quantitative estimate of drug-likeness (QED) is 0.0539. The molecule has 386 valence electrons. The summed E-state index contributed by atoms with van der Waals surface area (Å²) >= 11 is 0. The number of carbonyl (C=O) groups is 3. The van der Waals surface area contributed by atoms with Crippen molar-refractivity contribution in [2.24, 2.45) is 10.2 Å². The Labute approximate surface area is 363 Å². The average Bonchev–Trinajstić information content (AvgIpc) is 4.04. The molecule has 1 aliphatic rings. The Morgan fingerprint density at radius 2 is 0.851 bits per heavy atom. The number of halogens is 20. The van der Waals surface area contributed by atoms with Crippen molar-refractivity contribution < 1.29 is 126 Å². The van der Waals surface area contributed by atoms with Crippen LogP contribution in [0.2, 0.25) is 0 Å². The van der Waals surface area contributed by atoms with Crippen LogP contribution in [0.1, 0.15) is 24.8 Å². The molecule has 0 spiro atoms. The fraction of sp³-hybridized carbons (Fsp3) is 0.735. The second kappa shape index (κ2) is 22.7. The molecule has 67 heavy (non-hydrogen) atoms. The zero-order valence-electron chi connectivity index (χ0n) is 33.6. The number of nitrogens with one attached hydrogen (secondary N) is 3. The largest absolute Gasteiger partial charge is 0.484 e. The fourth-order valence-corrected chi connectivity index (χ4v) is 4.88. The van der Waals surface area contributed by atoms with Gasteiger partial charge in [0.25, 0.3) is 5.91 Å². The van der Waals surface area contributed by atoms with E-state index in [9.17, 15) is 102 Å². The molecule has 0 aromatic heterocycles. The third-order valence-electron chi connectivity index (χ3n) is 8.70. The zero-order chi connectivity index (χ0) is 51.4. The topological polar surface area (TPSA) is 158 Å². The van der Waals surface area contributed by atoms with Crippen molar-refractivity contribution in [3.05, 3.63) is 29.8 Å². The Hall–Kier alpha value is -4.53. The van der Waals surface area contributed by atoms with Crippen LogP contribution in [0.15, 0.2) is 34.5 Å². The van der Waals surface area contributed by atoms with E-state index >= 15 is 0 Å². The van der Waals surface area contributed by atoms with Gasteiger partial charge in [-0.25, -0.2) is 0 Å². The number of rotatable bonds is 31. The lowest BCUT2D eigenvalue weighted by molar-refractivity contribution is -0.461. The summed E-state index contributed by atoms with van der Waals surface area (Å²) in [7, 11) is 0. The highest BCUT2D eigenvalue weighted by molar-refractivity contribution is 5.78. The Kier molecular flexibility index (Phi) is 19.9. The third-order valence-corrected chi connectivity index (χ3v) is 8.70. The smallest absolute Gasteiger partial charge is 0.460 e. The summed E-state index contributed by atoms with van der Waals surface area (Å²) in [6.45, 7) is -2.70. The summed E-state index contributed by atoms with van der Waals surface area (Å²) in [6, 6.07) is 4.70. The number of unbranched alkanes of at least 4 members (excludes halogenated alkanes) is 1. The van der Waals surface area contributed by atoms with Crippen molar-refractivity contribution in [3.63, 3.8) is 0 Å². The van der Waals surface area contributed by atoms with Gasteiger partial charge in [-0.15, -0.1) is 10.2 Å². The van der Waals surface area contributed by atoms with E-state index in [-0.39, 0.29) is 70.7 Å². The minimum atomic E-state index is -8.70. The Balaban J connectivity index is 1.51. The predicted octanol–water partition coefficient (Wildman–Crippen LogP) is 6.84. The number of benzene rings is 1. The van der Waals surface area contributed by atoms with Gasteiger partial charge in [-0.05, 0) is 25.0 Å². The summed E-state index contributed by atoms with van der Waals surface area (Å²) in [4.78, 5) is 35.4. The van der Waals surface area contributed by atoms with Crippen LogP contribution in [0.4, 0.5) is 87.8 Å². The third kappa shape index (κ3) is 14.0. The van der Waals surface area contributed by atoms with Crippen LogP contribution < -0.4 is 20.7 Å². The summed E-state index contributed by atoms with van der Waals surface area (Å²) in [5.74, 6) is -58.8.